The van der Waals surface area contributed by atoms with E-state index in [1.807, 2.05) is 13.0 Å². The third-order valence-electron chi connectivity index (χ3n) is 5.17. The summed E-state index contributed by atoms with van der Waals surface area (Å²) in [7, 11) is 3.00. The van der Waals surface area contributed by atoms with Crippen LogP contribution in [0.3, 0.4) is 0 Å². The second kappa shape index (κ2) is 15.9. The van der Waals surface area contributed by atoms with Crippen molar-refractivity contribution < 1.29 is 28.5 Å². The minimum atomic E-state index is -0.432. The lowest BCUT2D eigenvalue weighted by atomic mass is 9.92. The maximum Gasteiger partial charge on any atom is 0.311 e. The van der Waals surface area contributed by atoms with Gasteiger partial charge in [0.1, 0.15) is 6.79 Å². The molecule has 0 N–H and O–H groups in total. The zero-order valence-electron chi connectivity index (χ0n) is 18.0. The normalized spacial score (nSPS) is 20.3. The van der Waals surface area contributed by atoms with Crippen LogP contribution in [-0.4, -0.2) is 52.1 Å². The zero-order valence-corrected chi connectivity index (χ0v) is 18.0. The molecule has 0 aromatic heterocycles. The van der Waals surface area contributed by atoms with Crippen molar-refractivity contribution in [2.75, 3.05) is 27.6 Å². The van der Waals surface area contributed by atoms with E-state index >= 15 is 0 Å². The molecule has 0 aliphatic carbocycles. The summed E-state index contributed by atoms with van der Waals surface area (Å²) in [5.41, 5.74) is 0. The number of rotatable bonds is 16. The lowest BCUT2D eigenvalue weighted by Crippen LogP contribution is -2.43. The minimum absolute atomic E-state index is 0.110. The summed E-state index contributed by atoms with van der Waals surface area (Å²) < 4.78 is 27.8. The van der Waals surface area contributed by atoms with Crippen molar-refractivity contribution in [3.8, 4) is 0 Å². The van der Waals surface area contributed by atoms with Crippen molar-refractivity contribution in [3.63, 3.8) is 0 Å². The molecule has 1 heterocycles. The molecule has 164 valence electrons. The third kappa shape index (κ3) is 10.0. The Hall–Kier alpha value is -0.950. The second-order valence-corrected chi connectivity index (χ2v) is 7.44. The van der Waals surface area contributed by atoms with Gasteiger partial charge in [0.25, 0.3) is 0 Å². The Morgan fingerprint density at radius 2 is 1.93 bits per heavy atom. The maximum absolute atomic E-state index is 12.5. The SMILES string of the molecule is C=CCCCCCCCC(C(=O)OC)C(OCOC)[C@@H](C)OC1CCCCO1. The van der Waals surface area contributed by atoms with Gasteiger partial charge >= 0.3 is 5.97 Å². The Bertz CT molecular complexity index is 408. The molecular weight excluding hydrogens is 360 g/mol. The predicted molar refractivity (Wildman–Crippen MR) is 109 cm³/mol. The molecule has 0 aromatic rings. The number of unbranched alkanes of at least 4 members (excludes halogenated alkanes) is 5. The standard InChI is InChI=1S/C22H40O6/c1-5-6-7-8-9-10-11-14-19(22(23)25-4)21(27-17-24-3)18(2)28-20-15-12-13-16-26-20/h5,18-21H,1,6-17H2,2-4H3/t18-,19?,20?,21?/m1/s1. The van der Waals surface area contributed by atoms with Gasteiger partial charge in [-0.2, -0.15) is 0 Å². The maximum atomic E-state index is 12.5. The second-order valence-electron chi connectivity index (χ2n) is 7.44. The van der Waals surface area contributed by atoms with Gasteiger partial charge in [0.2, 0.25) is 0 Å². The van der Waals surface area contributed by atoms with E-state index in [0.29, 0.717) is 13.0 Å². The van der Waals surface area contributed by atoms with Crippen LogP contribution in [0.15, 0.2) is 12.7 Å². The van der Waals surface area contributed by atoms with Gasteiger partial charge in [0, 0.05) is 13.7 Å². The molecule has 1 aliphatic heterocycles. The van der Waals surface area contributed by atoms with Crippen LogP contribution in [0.4, 0.5) is 0 Å². The quantitative estimate of drug-likeness (QED) is 0.163. The Labute approximate surface area is 170 Å². The van der Waals surface area contributed by atoms with E-state index in [1.165, 1.54) is 20.0 Å². The molecule has 0 saturated carbocycles. The first-order valence-corrected chi connectivity index (χ1v) is 10.7. The van der Waals surface area contributed by atoms with Crippen LogP contribution in [0, 0.1) is 5.92 Å². The van der Waals surface area contributed by atoms with Gasteiger partial charge in [-0.1, -0.05) is 31.8 Å². The molecule has 0 bridgehead atoms. The number of allylic oxidation sites excluding steroid dienone is 1. The summed E-state index contributed by atoms with van der Waals surface area (Å²) in [6.45, 7) is 6.51. The van der Waals surface area contributed by atoms with Gasteiger partial charge in [-0.05, 0) is 45.4 Å². The first-order valence-electron chi connectivity index (χ1n) is 10.7. The van der Waals surface area contributed by atoms with Crippen LogP contribution < -0.4 is 0 Å². The summed E-state index contributed by atoms with van der Waals surface area (Å²) in [4.78, 5) is 12.5. The van der Waals surface area contributed by atoms with Crippen molar-refractivity contribution in [1.82, 2.24) is 0 Å². The molecule has 4 atom stereocenters. The highest BCUT2D eigenvalue weighted by molar-refractivity contribution is 5.73. The molecule has 6 heteroatoms. The molecular formula is C22H40O6. The van der Waals surface area contributed by atoms with Gasteiger partial charge in [0.15, 0.2) is 6.29 Å². The summed E-state index contributed by atoms with van der Waals surface area (Å²) >= 11 is 0. The summed E-state index contributed by atoms with van der Waals surface area (Å²) in [6.07, 6.45) is 11.4. The monoisotopic (exact) mass is 400 g/mol. The Balaban J connectivity index is 2.61. The summed E-state index contributed by atoms with van der Waals surface area (Å²) in [5.74, 6) is -0.639. The number of carbonyl (C=O) groups is 1. The number of methoxy groups -OCH3 is 2. The highest BCUT2D eigenvalue weighted by Crippen LogP contribution is 2.25. The lowest BCUT2D eigenvalue weighted by Gasteiger charge is -2.33. The van der Waals surface area contributed by atoms with Gasteiger partial charge in [-0.3, -0.25) is 4.79 Å². The average molecular weight is 401 g/mol. The molecule has 1 aliphatic rings. The van der Waals surface area contributed by atoms with Crippen LogP contribution in [-0.2, 0) is 28.5 Å². The fourth-order valence-corrected chi connectivity index (χ4v) is 3.61. The number of hydrogen-bond donors (Lipinski definition) is 0. The molecule has 1 fully saturated rings. The van der Waals surface area contributed by atoms with Crippen molar-refractivity contribution in [2.45, 2.75) is 89.6 Å². The summed E-state index contributed by atoms with van der Waals surface area (Å²) in [5, 5.41) is 0. The minimum Gasteiger partial charge on any atom is -0.469 e. The van der Waals surface area contributed by atoms with Crippen LogP contribution in [0.1, 0.15) is 71.1 Å². The predicted octanol–water partition coefficient (Wildman–Crippen LogP) is 4.61. The van der Waals surface area contributed by atoms with E-state index in [-0.39, 0.29) is 31.1 Å². The zero-order chi connectivity index (χ0) is 20.6. The van der Waals surface area contributed by atoms with Crippen LogP contribution in [0.25, 0.3) is 0 Å². The van der Waals surface area contributed by atoms with Crippen molar-refractivity contribution in [2.24, 2.45) is 5.92 Å². The molecule has 3 unspecified atom stereocenters. The third-order valence-corrected chi connectivity index (χ3v) is 5.17. The fourth-order valence-electron chi connectivity index (χ4n) is 3.61. The first kappa shape index (κ1) is 25.1. The van der Waals surface area contributed by atoms with E-state index in [9.17, 15) is 4.79 Å². The van der Waals surface area contributed by atoms with Gasteiger partial charge in [0.05, 0.1) is 25.2 Å². The van der Waals surface area contributed by atoms with Crippen molar-refractivity contribution in [1.29, 1.82) is 0 Å². The van der Waals surface area contributed by atoms with Crippen molar-refractivity contribution >= 4 is 5.97 Å². The van der Waals surface area contributed by atoms with Gasteiger partial charge in [-0.15, -0.1) is 6.58 Å². The highest BCUT2D eigenvalue weighted by atomic mass is 16.7. The van der Waals surface area contributed by atoms with Crippen LogP contribution in [0.5, 0.6) is 0 Å². The Morgan fingerprint density at radius 3 is 2.57 bits per heavy atom. The molecule has 0 aromatic carbocycles. The number of ether oxygens (including phenoxy) is 5. The summed E-state index contributed by atoms with van der Waals surface area (Å²) in [6, 6.07) is 0. The molecule has 6 nitrogen and oxygen atoms in total. The van der Waals surface area contributed by atoms with E-state index in [4.69, 9.17) is 23.7 Å². The first-order chi connectivity index (χ1) is 13.6. The number of hydrogen-bond acceptors (Lipinski definition) is 6. The molecule has 0 spiro atoms. The highest BCUT2D eigenvalue weighted by Gasteiger charge is 2.36. The molecule has 0 amide bonds. The molecule has 0 radical (unpaired) electrons. The van der Waals surface area contributed by atoms with E-state index in [0.717, 1.165) is 44.9 Å². The molecule has 1 saturated heterocycles. The average Bonchev–Trinajstić information content (AvgIpc) is 2.71. The van der Waals surface area contributed by atoms with Gasteiger partial charge in [-0.25, -0.2) is 0 Å². The Kier molecular flexibility index (Phi) is 14.3. The van der Waals surface area contributed by atoms with E-state index in [2.05, 4.69) is 6.58 Å². The smallest absolute Gasteiger partial charge is 0.311 e. The lowest BCUT2D eigenvalue weighted by molar-refractivity contribution is -0.226. The van der Waals surface area contributed by atoms with Crippen LogP contribution in [0.2, 0.25) is 0 Å². The fraction of sp³-hybridized carbons (Fsp3) is 0.864. The van der Waals surface area contributed by atoms with E-state index in [1.54, 1.807) is 7.11 Å². The van der Waals surface area contributed by atoms with Crippen LogP contribution >= 0.6 is 0 Å². The van der Waals surface area contributed by atoms with Gasteiger partial charge < -0.3 is 23.7 Å². The Morgan fingerprint density at radius 1 is 1.18 bits per heavy atom. The molecule has 28 heavy (non-hydrogen) atoms. The largest absolute Gasteiger partial charge is 0.469 e. The topological polar surface area (TPSA) is 63.2 Å². The number of esters is 1. The number of carbonyl (C=O) groups excluding carboxylic acids is 1. The van der Waals surface area contributed by atoms with Crippen molar-refractivity contribution in [3.05, 3.63) is 12.7 Å². The van der Waals surface area contributed by atoms with E-state index < -0.39 is 6.10 Å². The molecule has 1 rings (SSSR count).